The average molecular weight is 688 g/mol. The molecule has 11 rings (SSSR count). The Kier molecular flexibility index (Phi) is 6.90. The highest BCUT2D eigenvalue weighted by molar-refractivity contribution is 6.21. The molecule has 252 valence electrons. The topological polar surface area (TPSA) is 16.4 Å². The number of hydrogen-bond donors (Lipinski definition) is 0. The SMILES string of the molecule is c1ccc(-c2ccccc2N(c2ccc(-c3ccc4ccc5ccc6ccccc6c5c4c3)cc2)c2cccc3c2oc2c4ccccc4ccc32)cc1. The van der Waals surface area contributed by atoms with Crippen LogP contribution in [0, 0.1) is 0 Å². The van der Waals surface area contributed by atoms with Crippen LogP contribution in [0.3, 0.4) is 0 Å². The Hall–Kier alpha value is -7.16. The lowest BCUT2D eigenvalue weighted by atomic mass is 9.94. The van der Waals surface area contributed by atoms with E-state index in [9.17, 15) is 0 Å². The fourth-order valence-corrected chi connectivity index (χ4v) is 8.43. The molecule has 2 nitrogen and oxygen atoms in total. The van der Waals surface area contributed by atoms with E-state index in [4.69, 9.17) is 4.42 Å². The molecule has 10 aromatic carbocycles. The van der Waals surface area contributed by atoms with E-state index in [1.165, 1.54) is 48.8 Å². The van der Waals surface area contributed by atoms with Crippen molar-refractivity contribution in [2.75, 3.05) is 4.90 Å². The highest BCUT2D eigenvalue weighted by Crippen LogP contribution is 2.46. The highest BCUT2D eigenvalue weighted by atomic mass is 16.3. The zero-order chi connectivity index (χ0) is 35.6. The zero-order valence-corrected chi connectivity index (χ0v) is 29.4. The Morgan fingerprint density at radius 1 is 0.315 bits per heavy atom. The molecule has 0 amide bonds. The summed E-state index contributed by atoms with van der Waals surface area (Å²) >= 11 is 0. The van der Waals surface area contributed by atoms with E-state index in [1.807, 2.05) is 0 Å². The maximum absolute atomic E-state index is 6.92. The number of furan rings is 1. The van der Waals surface area contributed by atoms with Crippen LogP contribution in [-0.2, 0) is 0 Å². The van der Waals surface area contributed by atoms with Crippen molar-refractivity contribution >= 4 is 82.1 Å². The van der Waals surface area contributed by atoms with Gasteiger partial charge in [0.1, 0.15) is 5.58 Å². The lowest BCUT2D eigenvalue weighted by molar-refractivity contribution is 0.673. The molecule has 0 radical (unpaired) electrons. The fraction of sp³-hybridized carbons (Fsp3) is 0. The van der Waals surface area contributed by atoms with E-state index in [-0.39, 0.29) is 0 Å². The molecule has 0 aliphatic rings. The minimum Gasteiger partial charge on any atom is -0.453 e. The molecule has 0 atom stereocenters. The highest BCUT2D eigenvalue weighted by Gasteiger charge is 2.22. The second-order valence-electron chi connectivity index (χ2n) is 14.1. The van der Waals surface area contributed by atoms with Crippen molar-refractivity contribution in [3.63, 3.8) is 0 Å². The van der Waals surface area contributed by atoms with E-state index in [1.54, 1.807) is 0 Å². The van der Waals surface area contributed by atoms with Crippen LogP contribution in [-0.4, -0.2) is 0 Å². The maximum atomic E-state index is 6.92. The summed E-state index contributed by atoms with van der Waals surface area (Å²) in [6, 6.07) is 72.2. The first-order valence-electron chi connectivity index (χ1n) is 18.5. The van der Waals surface area contributed by atoms with Gasteiger partial charge < -0.3 is 9.32 Å². The van der Waals surface area contributed by atoms with E-state index >= 15 is 0 Å². The molecule has 1 heterocycles. The van der Waals surface area contributed by atoms with Gasteiger partial charge in [-0.2, -0.15) is 0 Å². The van der Waals surface area contributed by atoms with Gasteiger partial charge in [-0.05, 0) is 90.8 Å². The van der Waals surface area contributed by atoms with Gasteiger partial charge in [-0.3, -0.25) is 0 Å². The summed E-state index contributed by atoms with van der Waals surface area (Å²) in [5.74, 6) is 0. The van der Waals surface area contributed by atoms with E-state index in [0.29, 0.717) is 0 Å². The van der Waals surface area contributed by atoms with Gasteiger partial charge in [-0.25, -0.2) is 0 Å². The van der Waals surface area contributed by atoms with Crippen LogP contribution in [0.4, 0.5) is 17.1 Å². The molecule has 0 fully saturated rings. The van der Waals surface area contributed by atoms with Crippen molar-refractivity contribution in [1.82, 2.24) is 0 Å². The number of nitrogens with zero attached hydrogens (tertiary/aromatic N) is 1. The Morgan fingerprint density at radius 3 is 1.72 bits per heavy atom. The molecule has 0 bridgehead atoms. The zero-order valence-electron chi connectivity index (χ0n) is 29.4. The molecule has 0 aliphatic carbocycles. The number of anilines is 3. The molecule has 0 unspecified atom stereocenters. The molecule has 0 saturated carbocycles. The predicted molar refractivity (Wildman–Crippen MR) is 229 cm³/mol. The van der Waals surface area contributed by atoms with Crippen molar-refractivity contribution in [1.29, 1.82) is 0 Å². The normalized spacial score (nSPS) is 11.7. The van der Waals surface area contributed by atoms with Crippen LogP contribution in [0.25, 0.3) is 87.3 Å². The van der Waals surface area contributed by atoms with Gasteiger partial charge in [0.05, 0.1) is 11.4 Å². The quantitative estimate of drug-likeness (QED) is 0.168. The van der Waals surface area contributed by atoms with Crippen LogP contribution < -0.4 is 4.90 Å². The predicted octanol–water partition coefficient (Wildman–Crippen LogP) is 15.0. The Labute approximate surface area is 312 Å². The van der Waals surface area contributed by atoms with Gasteiger partial charge in [0.2, 0.25) is 0 Å². The van der Waals surface area contributed by atoms with Crippen molar-refractivity contribution in [3.8, 4) is 22.3 Å². The molecular weight excluding hydrogens is 655 g/mol. The number of hydrogen-bond acceptors (Lipinski definition) is 2. The molecule has 0 aliphatic heterocycles. The van der Waals surface area contributed by atoms with Crippen LogP contribution >= 0.6 is 0 Å². The summed E-state index contributed by atoms with van der Waals surface area (Å²) in [6.07, 6.45) is 0. The van der Waals surface area contributed by atoms with E-state index in [0.717, 1.165) is 55.5 Å². The third-order valence-corrected chi connectivity index (χ3v) is 11.0. The summed E-state index contributed by atoms with van der Waals surface area (Å²) in [5, 5.41) is 12.1. The number of para-hydroxylation sites is 2. The van der Waals surface area contributed by atoms with Gasteiger partial charge in [0.15, 0.2) is 5.58 Å². The molecule has 2 heteroatoms. The van der Waals surface area contributed by atoms with Gasteiger partial charge in [-0.1, -0.05) is 164 Å². The van der Waals surface area contributed by atoms with E-state index < -0.39 is 0 Å². The van der Waals surface area contributed by atoms with Crippen LogP contribution in [0.2, 0.25) is 0 Å². The lowest BCUT2D eigenvalue weighted by Gasteiger charge is -2.28. The number of rotatable bonds is 5. The summed E-state index contributed by atoms with van der Waals surface area (Å²) in [4.78, 5) is 2.36. The summed E-state index contributed by atoms with van der Waals surface area (Å²) in [7, 11) is 0. The first-order valence-corrected chi connectivity index (χ1v) is 18.5. The van der Waals surface area contributed by atoms with Gasteiger partial charge in [0.25, 0.3) is 0 Å². The Balaban J connectivity index is 1.11. The smallest absolute Gasteiger partial charge is 0.159 e. The largest absolute Gasteiger partial charge is 0.453 e. The van der Waals surface area contributed by atoms with Gasteiger partial charge in [-0.15, -0.1) is 0 Å². The second kappa shape index (κ2) is 12.2. The standard InChI is InChI=1S/C52H33NO/c1-2-11-35(12-3-1)42-15-8-9-19-48(42)53(49-20-10-18-45-46-32-29-37-14-5-7-17-44(37)51(46)54-52(45)49)41-30-27-34(28-31-41)40-26-23-38-22-25-39-24-21-36-13-4-6-16-43(36)50(39)47(38)33-40/h1-33H. The molecule has 0 N–H and O–H groups in total. The maximum Gasteiger partial charge on any atom is 0.159 e. The molecule has 54 heavy (non-hydrogen) atoms. The Morgan fingerprint density at radius 2 is 0.889 bits per heavy atom. The molecule has 1 aromatic heterocycles. The molecule has 0 saturated heterocycles. The Bertz CT molecular complexity index is 3210. The first kappa shape index (κ1) is 30.5. The van der Waals surface area contributed by atoms with Crippen molar-refractivity contribution < 1.29 is 4.42 Å². The third-order valence-electron chi connectivity index (χ3n) is 11.0. The summed E-state index contributed by atoms with van der Waals surface area (Å²) < 4.78 is 6.92. The molecular formula is C52H33NO. The van der Waals surface area contributed by atoms with E-state index in [2.05, 4.69) is 205 Å². The number of fused-ring (bicyclic) bond motifs is 10. The summed E-state index contributed by atoms with van der Waals surface area (Å²) in [5.41, 5.74) is 9.58. The minimum atomic E-state index is 0.865. The monoisotopic (exact) mass is 687 g/mol. The van der Waals surface area contributed by atoms with Crippen LogP contribution in [0.15, 0.2) is 205 Å². The lowest BCUT2D eigenvalue weighted by Crippen LogP contribution is -2.11. The summed E-state index contributed by atoms with van der Waals surface area (Å²) in [6.45, 7) is 0. The average Bonchev–Trinajstić information content (AvgIpc) is 3.64. The van der Waals surface area contributed by atoms with Gasteiger partial charge in [0, 0.05) is 27.4 Å². The van der Waals surface area contributed by atoms with Crippen molar-refractivity contribution in [2.45, 2.75) is 0 Å². The van der Waals surface area contributed by atoms with Crippen molar-refractivity contribution in [2.24, 2.45) is 0 Å². The minimum absolute atomic E-state index is 0.865. The van der Waals surface area contributed by atoms with Gasteiger partial charge >= 0.3 is 0 Å². The first-order chi connectivity index (χ1) is 26.8. The fourth-order valence-electron chi connectivity index (χ4n) is 8.43. The van der Waals surface area contributed by atoms with Crippen molar-refractivity contribution in [3.05, 3.63) is 200 Å². The molecule has 11 aromatic rings. The second-order valence-corrected chi connectivity index (χ2v) is 14.1. The van der Waals surface area contributed by atoms with Crippen LogP contribution in [0.5, 0.6) is 0 Å². The third kappa shape index (κ3) is 4.81. The molecule has 0 spiro atoms. The number of benzene rings is 10. The van der Waals surface area contributed by atoms with Crippen LogP contribution in [0.1, 0.15) is 0 Å².